The van der Waals surface area contributed by atoms with Crippen LogP contribution in [0, 0.1) is 11.3 Å². The second kappa shape index (κ2) is 8.69. The van der Waals surface area contributed by atoms with E-state index in [0.29, 0.717) is 13.2 Å². The number of allylic oxidation sites excluding steroid dienone is 2. The predicted molar refractivity (Wildman–Crippen MR) is 109 cm³/mol. The summed E-state index contributed by atoms with van der Waals surface area (Å²) >= 11 is 0. The van der Waals surface area contributed by atoms with Gasteiger partial charge in [-0.15, -0.1) is 0 Å². The zero-order valence-corrected chi connectivity index (χ0v) is 17.1. The molecule has 0 amide bonds. The Morgan fingerprint density at radius 2 is 1.67 bits per heavy atom. The highest BCUT2D eigenvalue weighted by Crippen LogP contribution is 2.39. The van der Waals surface area contributed by atoms with Crippen LogP contribution in [-0.4, -0.2) is 70.8 Å². The van der Waals surface area contributed by atoms with Gasteiger partial charge in [0, 0.05) is 11.3 Å². The fourth-order valence-electron chi connectivity index (χ4n) is 4.45. The fourth-order valence-corrected chi connectivity index (χ4v) is 4.45. The van der Waals surface area contributed by atoms with Crippen LogP contribution in [0.2, 0.25) is 0 Å². The summed E-state index contributed by atoms with van der Waals surface area (Å²) in [4.78, 5) is 0. The van der Waals surface area contributed by atoms with Gasteiger partial charge in [-0.1, -0.05) is 37.3 Å². The van der Waals surface area contributed by atoms with E-state index >= 15 is 0 Å². The summed E-state index contributed by atoms with van der Waals surface area (Å²) in [5.74, 6) is 1.28. The maximum atomic E-state index is 10.4. The van der Waals surface area contributed by atoms with Crippen molar-refractivity contribution in [3.63, 3.8) is 0 Å². The average molecular weight is 418 g/mol. The molecule has 164 valence electrons. The van der Waals surface area contributed by atoms with Crippen molar-refractivity contribution < 1.29 is 34.6 Å². The van der Waals surface area contributed by atoms with Gasteiger partial charge in [-0.3, -0.25) is 0 Å². The van der Waals surface area contributed by atoms with Crippen LogP contribution in [0.5, 0.6) is 11.5 Å². The largest absolute Gasteiger partial charge is 0.486 e. The first-order chi connectivity index (χ1) is 14.5. The van der Waals surface area contributed by atoms with Crippen molar-refractivity contribution in [2.24, 2.45) is 11.3 Å². The fraction of sp³-hybridized carbons (Fsp3) is 0.565. The number of hydrogen-bond acceptors (Lipinski definition) is 7. The zero-order valence-electron chi connectivity index (χ0n) is 17.1. The number of aliphatic hydroxyl groups is 4. The van der Waals surface area contributed by atoms with E-state index in [1.54, 1.807) is 0 Å². The molecule has 0 spiro atoms. The van der Waals surface area contributed by atoms with Gasteiger partial charge < -0.3 is 34.6 Å². The Balaban J connectivity index is 1.49. The van der Waals surface area contributed by atoms with Crippen molar-refractivity contribution >= 4 is 0 Å². The minimum absolute atomic E-state index is 0.186. The molecular formula is C23H30O7. The quantitative estimate of drug-likeness (QED) is 0.528. The molecule has 1 saturated heterocycles. The number of rotatable bonds is 5. The Morgan fingerprint density at radius 1 is 0.967 bits per heavy atom. The van der Waals surface area contributed by atoms with E-state index in [0.717, 1.165) is 29.9 Å². The van der Waals surface area contributed by atoms with Gasteiger partial charge in [0.15, 0.2) is 11.5 Å². The van der Waals surface area contributed by atoms with E-state index in [4.69, 9.17) is 14.2 Å². The van der Waals surface area contributed by atoms with Crippen LogP contribution in [0.3, 0.4) is 0 Å². The van der Waals surface area contributed by atoms with Crippen LogP contribution in [0.4, 0.5) is 0 Å². The summed E-state index contributed by atoms with van der Waals surface area (Å²) in [7, 11) is 0. The third-order valence-corrected chi connectivity index (χ3v) is 6.41. The van der Waals surface area contributed by atoms with Crippen LogP contribution in [0.1, 0.15) is 18.9 Å². The molecule has 5 atom stereocenters. The van der Waals surface area contributed by atoms with Crippen molar-refractivity contribution in [2.75, 3.05) is 19.8 Å². The van der Waals surface area contributed by atoms with Gasteiger partial charge in [0.25, 0.3) is 0 Å². The van der Waals surface area contributed by atoms with E-state index < -0.39 is 37.1 Å². The summed E-state index contributed by atoms with van der Waals surface area (Å²) in [5.41, 5.74) is 0.954. The van der Waals surface area contributed by atoms with E-state index in [1.165, 1.54) is 0 Å². The Morgan fingerprint density at radius 3 is 2.33 bits per heavy atom. The molecule has 30 heavy (non-hydrogen) atoms. The summed E-state index contributed by atoms with van der Waals surface area (Å²) in [6.45, 7) is 2.82. The lowest BCUT2D eigenvalue weighted by molar-refractivity contribution is -0.234. The van der Waals surface area contributed by atoms with E-state index in [1.807, 2.05) is 24.3 Å². The lowest BCUT2D eigenvalue weighted by Gasteiger charge is -2.43. The molecule has 3 aliphatic rings. The van der Waals surface area contributed by atoms with Crippen molar-refractivity contribution in [3.05, 3.63) is 48.1 Å². The van der Waals surface area contributed by atoms with E-state index in [2.05, 4.69) is 25.1 Å². The maximum Gasteiger partial charge on any atom is 0.161 e. The lowest BCUT2D eigenvalue weighted by atomic mass is 9.73. The molecule has 2 aliphatic heterocycles. The monoisotopic (exact) mass is 418 g/mol. The Bertz CT molecular complexity index is 789. The summed E-state index contributed by atoms with van der Waals surface area (Å²) in [6, 6.07) is 6.02. The number of hydrogen-bond donors (Lipinski definition) is 4. The standard InChI is InChI=1S/C23H30O7/c1-2-23(12-14-3-4-16-17(11-14)29-10-9-28-16)7-5-15(6-8-23)22-21(27)20(26)19(25)18(13-24)30-22/h3-8,11,15,18-22,24-27H,2,9-10,12-13H2,1H3/t15?,18-,19-,20+,21-,22+,23?/m1/s1. The van der Waals surface area contributed by atoms with Crippen molar-refractivity contribution in [1.29, 1.82) is 0 Å². The van der Waals surface area contributed by atoms with Crippen LogP contribution in [0.15, 0.2) is 42.5 Å². The molecule has 0 unspecified atom stereocenters. The Labute approximate surface area is 176 Å². The third kappa shape index (κ3) is 4.00. The first kappa shape index (κ1) is 21.3. The molecule has 1 aliphatic carbocycles. The molecule has 1 fully saturated rings. The first-order valence-electron chi connectivity index (χ1n) is 10.5. The zero-order chi connectivity index (χ0) is 21.3. The molecule has 4 rings (SSSR count). The highest BCUT2D eigenvalue weighted by molar-refractivity contribution is 5.44. The van der Waals surface area contributed by atoms with Gasteiger partial charge in [0.05, 0.1) is 12.7 Å². The van der Waals surface area contributed by atoms with Crippen LogP contribution >= 0.6 is 0 Å². The van der Waals surface area contributed by atoms with Gasteiger partial charge >= 0.3 is 0 Å². The highest BCUT2D eigenvalue weighted by atomic mass is 16.6. The Hall–Kier alpha value is -1.90. The average Bonchev–Trinajstić information content (AvgIpc) is 2.78. The van der Waals surface area contributed by atoms with E-state index in [-0.39, 0.29) is 11.3 Å². The normalized spacial score (nSPS) is 37.9. The van der Waals surface area contributed by atoms with Crippen LogP contribution in [-0.2, 0) is 11.2 Å². The number of fused-ring (bicyclic) bond motifs is 1. The van der Waals surface area contributed by atoms with Gasteiger partial charge in [0.2, 0.25) is 0 Å². The van der Waals surface area contributed by atoms with Crippen molar-refractivity contribution in [3.8, 4) is 11.5 Å². The molecule has 1 aromatic carbocycles. The molecule has 7 heteroatoms. The van der Waals surface area contributed by atoms with Gasteiger partial charge in [0.1, 0.15) is 37.6 Å². The molecule has 0 bridgehead atoms. The second-order valence-electron chi connectivity index (χ2n) is 8.33. The maximum absolute atomic E-state index is 10.4. The first-order valence-corrected chi connectivity index (χ1v) is 10.5. The number of aliphatic hydroxyl groups excluding tert-OH is 4. The Kier molecular flexibility index (Phi) is 6.18. The molecule has 1 aromatic rings. The third-order valence-electron chi connectivity index (χ3n) is 6.41. The SMILES string of the molecule is CCC1(Cc2ccc3c(c2)OCCO3)C=CC([C@@H]2O[C@H](CO)[C@@H](O)[C@H](O)[C@H]2O)C=C1. The van der Waals surface area contributed by atoms with E-state index in [9.17, 15) is 20.4 Å². The molecule has 0 saturated carbocycles. The predicted octanol–water partition coefficient (Wildman–Crippen LogP) is 0.981. The van der Waals surface area contributed by atoms with Crippen LogP contribution < -0.4 is 9.47 Å². The smallest absolute Gasteiger partial charge is 0.161 e. The van der Waals surface area contributed by atoms with Crippen molar-refractivity contribution in [1.82, 2.24) is 0 Å². The van der Waals surface area contributed by atoms with Gasteiger partial charge in [-0.25, -0.2) is 0 Å². The highest BCUT2D eigenvalue weighted by Gasteiger charge is 2.46. The second-order valence-corrected chi connectivity index (χ2v) is 8.33. The number of ether oxygens (including phenoxy) is 3. The summed E-state index contributed by atoms with van der Waals surface area (Å²) < 4.78 is 17.0. The van der Waals surface area contributed by atoms with Crippen LogP contribution in [0.25, 0.3) is 0 Å². The number of benzene rings is 1. The molecule has 2 heterocycles. The van der Waals surface area contributed by atoms with Crippen molar-refractivity contribution in [2.45, 2.75) is 50.3 Å². The summed E-state index contributed by atoms with van der Waals surface area (Å²) in [6.07, 6.45) is 4.29. The minimum Gasteiger partial charge on any atom is -0.486 e. The van der Waals surface area contributed by atoms with Gasteiger partial charge in [-0.2, -0.15) is 0 Å². The molecule has 7 nitrogen and oxygen atoms in total. The topological polar surface area (TPSA) is 109 Å². The molecule has 4 N–H and O–H groups in total. The summed E-state index contributed by atoms with van der Waals surface area (Å²) in [5, 5.41) is 39.9. The lowest BCUT2D eigenvalue weighted by Crippen LogP contribution is -2.60. The molecular weight excluding hydrogens is 388 g/mol. The van der Waals surface area contributed by atoms with Gasteiger partial charge in [-0.05, 0) is 30.5 Å². The molecule has 0 radical (unpaired) electrons. The molecule has 0 aromatic heterocycles. The minimum atomic E-state index is -1.36.